The molecule has 0 saturated carbocycles. The van der Waals surface area contributed by atoms with Crippen molar-refractivity contribution in [2.45, 2.75) is 24.2 Å². The van der Waals surface area contributed by atoms with Crippen LogP contribution in [0.15, 0.2) is 29.2 Å². The van der Waals surface area contributed by atoms with E-state index in [1.807, 2.05) is 23.9 Å². The highest BCUT2D eigenvalue weighted by Crippen LogP contribution is 2.34. The first-order valence-electron chi connectivity index (χ1n) is 9.13. The molecule has 0 atom stereocenters. The van der Waals surface area contributed by atoms with Crippen LogP contribution in [0.4, 0.5) is 11.6 Å². The Kier molecular flexibility index (Phi) is 5.52. The number of thioether (sulfide) groups is 1. The maximum atomic E-state index is 9.17. The lowest BCUT2D eigenvalue weighted by Crippen LogP contribution is -2.47. The minimum absolute atomic E-state index is 0.207. The predicted molar refractivity (Wildman–Crippen MR) is 108 cm³/mol. The minimum atomic E-state index is 0.207. The first-order chi connectivity index (χ1) is 12.7. The van der Waals surface area contributed by atoms with Crippen LogP contribution in [0, 0.1) is 0 Å². The zero-order valence-corrected chi connectivity index (χ0v) is 16.3. The maximum absolute atomic E-state index is 9.17. The van der Waals surface area contributed by atoms with Crippen LogP contribution in [0.5, 0.6) is 0 Å². The van der Waals surface area contributed by atoms with Gasteiger partial charge in [0.1, 0.15) is 0 Å². The van der Waals surface area contributed by atoms with Gasteiger partial charge in [0, 0.05) is 55.6 Å². The molecule has 4 rings (SSSR count). The van der Waals surface area contributed by atoms with E-state index in [2.05, 4.69) is 21.9 Å². The molecule has 0 unspecified atom stereocenters. The second kappa shape index (κ2) is 8.03. The van der Waals surface area contributed by atoms with Gasteiger partial charge in [0.25, 0.3) is 0 Å². The monoisotopic (exact) mass is 387 g/mol. The van der Waals surface area contributed by atoms with Crippen LogP contribution in [0.25, 0.3) is 0 Å². The van der Waals surface area contributed by atoms with Gasteiger partial charge < -0.3 is 9.80 Å². The van der Waals surface area contributed by atoms with Gasteiger partial charge in [0.2, 0.25) is 5.95 Å². The van der Waals surface area contributed by atoms with Crippen LogP contribution in [-0.4, -0.2) is 48.4 Å². The average Bonchev–Trinajstić information content (AvgIpc) is 3.15. The van der Waals surface area contributed by atoms with Crippen LogP contribution >= 0.6 is 23.4 Å². The Balaban J connectivity index is 1.48. The van der Waals surface area contributed by atoms with Gasteiger partial charge in [-0.3, -0.25) is 0 Å². The topological polar surface area (TPSA) is 54.6 Å². The lowest BCUT2D eigenvalue weighted by atomic mass is 10.2. The smallest absolute Gasteiger partial charge is 0.225 e. The Labute approximate surface area is 163 Å². The number of anilines is 2. The highest BCUT2D eigenvalue weighted by atomic mass is 35.5. The van der Waals surface area contributed by atoms with E-state index in [0.717, 1.165) is 67.9 Å². The highest BCUT2D eigenvalue weighted by molar-refractivity contribution is 7.99. The lowest BCUT2D eigenvalue weighted by Gasteiger charge is -2.36. The third-order valence-corrected chi connectivity index (χ3v) is 6.33. The number of aromatic nitrogens is 2. The Hall–Kier alpha value is -1.50. The van der Waals surface area contributed by atoms with E-state index in [-0.39, 0.29) is 6.54 Å². The van der Waals surface area contributed by atoms with Crippen molar-refractivity contribution in [1.29, 1.82) is 0 Å². The molecule has 0 N–H and O–H groups in total. The van der Waals surface area contributed by atoms with Crippen LogP contribution in [0.1, 0.15) is 17.8 Å². The van der Waals surface area contributed by atoms with Crippen molar-refractivity contribution in [3.05, 3.63) is 40.7 Å². The van der Waals surface area contributed by atoms with Crippen LogP contribution in [-0.2, 0) is 12.8 Å². The van der Waals surface area contributed by atoms with E-state index >= 15 is 0 Å². The summed E-state index contributed by atoms with van der Waals surface area (Å²) in [7, 11) is 0. The van der Waals surface area contributed by atoms with Gasteiger partial charge in [-0.25, -0.2) is 9.97 Å². The molecule has 0 bridgehead atoms. The number of halogens is 1. The fourth-order valence-corrected chi connectivity index (χ4v) is 4.75. The van der Waals surface area contributed by atoms with E-state index in [1.165, 1.54) is 16.3 Å². The van der Waals surface area contributed by atoms with Crippen molar-refractivity contribution in [2.24, 2.45) is 0 Å². The molecule has 1 aromatic carbocycles. The Bertz CT molecular complexity index is 759. The summed E-state index contributed by atoms with van der Waals surface area (Å²) in [5.74, 6) is 1.94. The molecule has 1 fully saturated rings. The number of fused-ring (bicyclic) bond motifs is 1. The van der Waals surface area contributed by atoms with E-state index < -0.39 is 0 Å². The largest absolute Gasteiger partial charge is 0.368 e. The summed E-state index contributed by atoms with van der Waals surface area (Å²) >= 11 is 7.85. The van der Waals surface area contributed by atoms with E-state index in [1.54, 1.807) is 0 Å². The van der Waals surface area contributed by atoms with E-state index in [0.29, 0.717) is 0 Å². The molecule has 2 aliphatic heterocycles. The number of hydrogen-bond donors (Lipinski definition) is 0. The summed E-state index contributed by atoms with van der Waals surface area (Å²) in [5, 5.41) is 0.771. The SMILES string of the molecule is [N]CCCc1nc(N2CCN(c3ccc(Cl)cc3)CC2)nc2c1SCC2. The molecule has 0 aliphatic carbocycles. The van der Waals surface area contributed by atoms with Gasteiger partial charge in [0.15, 0.2) is 0 Å². The van der Waals surface area contributed by atoms with Crippen molar-refractivity contribution >= 4 is 35.0 Å². The van der Waals surface area contributed by atoms with Crippen molar-refractivity contribution < 1.29 is 0 Å². The second-order valence-corrected chi connectivity index (χ2v) is 8.16. The molecule has 1 saturated heterocycles. The summed E-state index contributed by atoms with van der Waals surface area (Å²) in [4.78, 5) is 15.6. The number of nitrogens with zero attached hydrogens (tertiary/aromatic N) is 5. The predicted octanol–water partition coefficient (Wildman–Crippen LogP) is 3.11. The average molecular weight is 388 g/mol. The van der Waals surface area contributed by atoms with Gasteiger partial charge in [-0.05, 0) is 37.1 Å². The Morgan fingerprint density at radius 3 is 2.50 bits per heavy atom. The van der Waals surface area contributed by atoms with Crippen molar-refractivity contribution in [3.63, 3.8) is 0 Å². The van der Waals surface area contributed by atoms with Gasteiger partial charge in [-0.2, -0.15) is 0 Å². The molecule has 1 aromatic heterocycles. The zero-order chi connectivity index (χ0) is 17.9. The molecular weight excluding hydrogens is 366 g/mol. The summed E-state index contributed by atoms with van der Waals surface area (Å²) in [6, 6.07) is 8.04. The van der Waals surface area contributed by atoms with Crippen molar-refractivity contribution in [2.75, 3.05) is 48.3 Å². The molecule has 0 amide bonds. The summed E-state index contributed by atoms with van der Waals surface area (Å²) < 4.78 is 0. The number of piperazine rings is 1. The number of benzene rings is 1. The van der Waals surface area contributed by atoms with E-state index in [9.17, 15) is 5.73 Å². The van der Waals surface area contributed by atoms with Crippen LogP contribution in [0.2, 0.25) is 5.02 Å². The fourth-order valence-electron chi connectivity index (χ4n) is 3.49. The second-order valence-electron chi connectivity index (χ2n) is 6.62. The van der Waals surface area contributed by atoms with Gasteiger partial charge in [-0.1, -0.05) is 11.6 Å². The number of hydrogen-bond acceptors (Lipinski definition) is 5. The molecule has 136 valence electrons. The zero-order valence-electron chi connectivity index (χ0n) is 14.7. The fraction of sp³-hybridized carbons (Fsp3) is 0.474. The first-order valence-corrected chi connectivity index (χ1v) is 10.5. The van der Waals surface area contributed by atoms with Gasteiger partial charge in [-0.15, -0.1) is 17.5 Å². The van der Waals surface area contributed by atoms with Gasteiger partial charge >= 0.3 is 0 Å². The Morgan fingerprint density at radius 1 is 1.04 bits per heavy atom. The van der Waals surface area contributed by atoms with Crippen LogP contribution in [0.3, 0.4) is 0 Å². The third-order valence-electron chi connectivity index (χ3n) is 4.91. The molecule has 3 heterocycles. The minimum Gasteiger partial charge on any atom is -0.368 e. The molecule has 7 heteroatoms. The van der Waals surface area contributed by atoms with Crippen molar-refractivity contribution in [3.8, 4) is 0 Å². The summed E-state index contributed by atoms with van der Waals surface area (Å²) in [6.07, 6.45) is 2.60. The Morgan fingerprint density at radius 2 is 1.77 bits per heavy atom. The lowest BCUT2D eigenvalue weighted by molar-refractivity contribution is 0.633. The number of aryl methyl sites for hydroxylation is 2. The summed E-state index contributed by atoms with van der Waals surface area (Å²) in [6.45, 7) is 3.92. The normalized spacial score (nSPS) is 16.8. The number of rotatable bonds is 5. The molecule has 2 aromatic rings. The molecule has 2 aliphatic rings. The quantitative estimate of drug-likeness (QED) is 0.789. The standard InChI is InChI=1S/C19H22ClN5S/c20-14-3-5-15(6-4-14)24-9-11-25(12-10-24)19-22-16(2-1-8-21)18-17(23-19)7-13-26-18/h3-6H,1-2,7-13H2. The molecule has 5 nitrogen and oxygen atoms in total. The molecule has 2 radical (unpaired) electrons. The first kappa shape index (κ1) is 17.9. The summed E-state index contributed by atoms with van der Waals surface area (Å²) in [5.41, 5.74) is 12.7. The third kappa shape index (κ3) is 3.77. The molecular formula is C19H22ClN5S. The maximum Gasteiger partial charge on any atom is 0.225 e. The van der Waals surface area contributed by atoms with Gasteiger partial charge in [0.05, 0.1) is 16.3 Å². The highest BCUT2D eigenvalue weighted by Gasteiger charge is 2.24. The molecule has 0 spiro atoms. The molecule has 26 heavy (non-hydrogen) atoms. The van der Waals surface area contributed by atoms with Crippen molar-refractivity contribution in [1.82, 2.24) is 15.7 Å². The van der Waals surface area contributed by atoms with E-state index in [4.69, 9.17) is 21.6 Å². The van der Waals surface area contributed by atoms with Crippen LogP contribution < -0.4 is 15.5 Å².